The van der Waals surface area contributed by atoms with E-state index in [0.717, 1.165) is 5.56 Å². The van der Waals surface area contributed by atoms with Crippen LogP contribution in [0.4, 0.5) is 0 Å². The second kappa shape index (κ2) is 11.5. The van der Waals surface area contributed by atoms with E-state index in [-0.39, 0.29) is 6.61 Å². The molecule has 0 unspecified atom stereocenters. The summed E-state index contributed by atoms with van der Waals surface area (Å²) in [5.41, 5.74) is 1.37. The molecule has 2 nitrogen and oxygen atoms in total. The fraction of sp³-hybridized carbons (Fsp3) is 0.471. The van der Waals surface area contributed by atoms with Crippen molar-refractivity contribution in [3.63, 3.8) is 0 Å². The third kappa shape index (κ3) is 8.00. The van der Waals surface area contributed by atoms with E-state index in [9.17, 15) is 4.79 Å². The maximum absolute atomic E-state index is 11.4. The molecule has 112 valence electrons. The molecule has 0 aliphatic heterocycles. The highest BCUT2D eigenvalue weighted by atomic mass is 35.5. The van der Waals surface area contributed by atoms with Crippen molar-refractivity contribution in [3.05, 3.63) is 47.0 Å². The number of rotatable bonds is 6. The number of aryl methyl sites for hydroxylation is 1. The molecule has 0 N–H and O–H groups in total. The van der Waals surface area contributed by atoms with Gasteiger partial charge >= 0.3 is 5.97 Å². The van der Waals surface area contributed by atoms with Crippen molar-refractivity contribution in [1.82, 2.24) is 0 Å². The number of unbranched alkanes of at least 4 members (excludes halogenated alkanes) is 3. The van der Waals surface area contributed by atoms with Gasteiger partial charge in [-0.15, -0.1) is 0 Å². The molecule has 0 saturated heterocycles. The second-order valence-corrected chi connectivity index (χ2v) is 4.98. The zero-order valence-electron chi connectivity index (χ0n) is 12.7. The molecule has 0 bridgehead atoms. The van der Waals surface area contributed by atoms with Crippen LogP contribution in [0.1, 0.15) is 55.5 Å². The Hall–Kier alpha value is -1.28. The number of carbonyl (C=O) groups is 1. The van der Waals surface area contributed by atoms with Crippen LogP contribution in [-0.4, -0.2) is 12.6 Å². The third-order valence-corrected chi connectivity index (χ3v) is 2.96. The number of halogens is 1. The molecule has 1 aromatic carbocycles. The van der Waals surface area contributed by atoms with Crippen LogP contribution < -0.4 is 0 Å². The average Bonchev–Trinajstić information content (AvgIpc) is 2.45. The van der Waals surface area contributed by atoms with Crippen LogP contribution in [0.25, 0.3) is 0 Å². The van der Waals surface area contributed by atoms with E-state index in [1.807, 2.05) is 13.0 Å². The summed E-state index contributed by atoms with van der Waals surface area (Å²) in [4.78, 5) is 11.4. The Morgan fingerprint density at radius 1 is 1.30 bits per heavy atom. The minimum atomic E-state index is -0.418. The van der Waals surface area contributed by atoms with E-state index in [2.05, 4.69) is 20.4 Å². The van der Waals surface area contributed by atoms with Crippen molar-refractivity contribution >= 4 is 17.6 Å². The Kier molecular flexibility index (Phi) is 10.8. The van der Waals surface area contributed by atoms with Crippen LogP contribution in [-0.2, 0) is 4.74 Å². The van der Waals surface area contributed by atoms with Crippen molar-refractivity contribution in [1.29, 1.82) is 0 Å². The first kappa shape index (κ1) is 18.7. The summed E-state index contributed by atoms with van der Waals surface area (Å²) < 4.78 is 4.87. The van der Waals surface area contributed by atoms with Crippen molar-refractivity contribution in [2.45, 2.75) is 46.5 Å². The van der Waals surface area contributed by atoms with Crippen LogP contribution in [0.15, 0.2) is 30.9 Å². The topological polar surface area (TPSA) is 26.3 Å². The Balaban J connectivity index is 0.000000511. The maximum atomic E-state index is 11.4. The third-order valence-electron chi connectivity index (χ3n) is 2.63. The molecule has 0 fully saturated rings. The Labute approximate surface area is 127 Å². The van der Waals surface area contributed by atoms with E-state index in [4.69, 9.17) is 16.3 Å². The highest BCUT2D eigenvalue weighted by Gasteiger charge is 2.10. The Morgan fingerprint density at radius 3 is 2.40 bits per heavy atom. The van der Waals surface area contributed by atoms with Gasteiger partial charge in [0, 0.05) is 0 Å². The van der Waals surface area contributed by atoms with E-state index >= 15 is 0 Å². The van der Waals surface area contributed by atoms with Crippen LogP contribution in [0.5, 0.6) is 0 Å². The number of benzene rings is 1. The number of esters is 1. The van der Waals surface area contributed by atoms with E-state index in [1.165, 1.54) is 31.8 Å². The number of hydrogen-bond acceptors (Lipinski definition) is 2. The van der Waals surface area contributed by atoms with Crippen molar-refractivity contribution < 1.29 is 9.53 Å². The van der Waals surface area contributed by atoms with Gasteiger partial charge in [-0.05, 0) is 19.1 Å². The largest absolute Gasteiger partial charge is 0.458 e. The van der Waals surface area contributed by atoms with Gasteiger partial charge in [-0.3, -0.25) is 0 Å². The lowest BCUT2D eigenvalue weighted by atomic mass is 10.1. The van der Waals surface area contributed by atoms with Gasteiger partial charge in [0.1, 0.15) is 6.61 Å². The van der Waals surface area contributed by atoms with E-state index in [1.54, 1.807) is 12.1 Å². The minimum absolute atomic E-state index is 0.198. The maximum Gasteiger partial charge on any atom is 0.339 e. The highest BCUT2D eigenvalue weighted by molar-refractivity contribution is 6.33. The molecule has 0 spiro atoms. The zero-order chi connectivity index (χ0) is 15.4. The Bertz CT molecular complexity index is 409. The average molecular weight is 297 g/mol. The molecule has 0 aromatic heterocycles. The molecular weight excluding hydrogens is 272 g/mol. The van der Waals surface area contributed by atoms with Gasteiger partial charge in [-0.2, -0.15) is 0 Å². The van der Waals surface area contributed by atoms with E-state index < -0.39 is 5.97 Å². The molecule has 1 aromatic rings. The van der Waals surface area contributed by atoms with Crippen LogP contribution >= 0.6 is 11.6 Å². The summed E-state index contributed by atoms with van der Waals surface area (Å²) in [5.74, 6) is -0.418. The SMILES string of the molecule is C=CCOC(=O)c1cc(C)ccc1Cl.CCCCCC. The summed E-state index contributed by atoms with van der Waals surface area (Å²) in [6, 6.07) is 5.22. The predicted molar refractivity (Wildman–Crippen MR) is 86.5 cm³/mol. The molecule has 0 amide bonds. The van der Waals surface area contributed by atoms with Gasteiger partial charge in [-0.1, -0.05) is 75.4 Å². The lowest BCUT2D eigenvalue weighted by molar-refractivity contribution is 0.0550. The molecule has 0 aliphatic carbocycles. The molecule has 20 heavy (non-hydrogen) atoms. The van der Waals surface area contributed by atoms with Crippen LogP contribution in [0.3, 0.4) is 0 Å². The van der Waals surface area contributed by atoms with Gasteiger partial charge in [0.2, 0.25) is 0 Å². The molecule has 0 atom stereocenters. The standard InChI is InChI=1S/C11H11ClO2.C6H14/c1-3-6-14-11(13)9-7-8(2)4-5-10(9)12;1-3-5-6-4-2/h3-5,7H,1,6H2,2H3;3-6H2,1-2H3. The monoisotopic (exact) mass is 296 g/mol. The molecule has 3 heteroatoms. The lowest BCUT2D eigenvalue weighted by Crippen LogP contribution is -2.05. The summed E-state index contributed by atoms with van der Waals surface area (Å²) in [7, 11) is 0. The normalized spacial score (nSPS) is 9.40. The summed E-state index contributed by atoms with van der Waals surface area (Å²) in [6.07, 6.45) is 7.05. The number of ether oxygens (including phenoxy) is 1. The quantitative estimate of drug-likeness (QED) is 0.389. The molecular formula is C17H25ClO2. The van der Waals surface area contributed by atoms with Crippen LogP contribution in [0, 0.1) is 6.92 Å². The van der Waals surface area contributed by atoms with Gasteiger partial charge < -0.3 is 4.74 Å². The fourth-order valence-electron chi connectivity index (χ4n) is 1.51. The van der Waals surface area contributed by atoms with Crippen molar-refractivity contribution in [2.24, 2.45) is 0 Å². The van der Waals surface area contributed by atoms with Gasteiger partial charge in [-0.25, -0.2) is 4.79 Å². The Morgan fingerprint density at radius 2 is 1.90 bits per heavy atom. The highest BCUT2D eigenvalue weighted by Crippen LogP contribution is 2.18. The van der Waals surface area contributed by atoms with Crippen molar-refractivity contribution in [3.8, 4) is 0 Å². The first-order valence-corrected chi connectivity index (χ1v) is 7.48. The van der Waals surface area contributed by atoms with Gasteiger partial charge in [0.25, 0.3) is 0 Å². The van der Waals surface area contributed by atoms with Gasteiger partial charge in [0.15, 0.2) is 0 Å². The molecule has 0 heterocycles. The number of carbonyl (C=O) groups excluding carboxylic acids is 1. The summed E-state index contributed by atoms with van der Waals surface area (Å²) in [6.45, 7) is 10.0. The van der Waals surface area contributed by atoms with Gasteiger partial charge in [0.05, 0.1) is 10.6 Å². The first-order valence-electron chi connectivity index (χ1n) is 7.10. The molecule has 1 rings (SSSR count). The molecule has 0 radical (unpaired) electrons. The summed E-state index contributed by atoms with van der Waals surface area (Å²) in [5, 5.41) is 0.407. The second-order valence-electron chi connectivity index (χ2n) is 4.58. The minimum Gasteiger partial charge on any atom is -0.458 e. The smallest absolute Gasteiger partial charge is 0.339 e. The first-order chi connectivity index (χ1) is 9.56. The van der Waals surface area contributed by atoms with E-state index in [0.29, 0.717) is 10.6 Å². The lowest BCUT2D eigenvalue weighted by Gasteiger charge is -2.04. The zero-order valence-corrected chi connectivity index (χ0v) is 13.5. The predicted octanol–water partition coefficient (Wildman–Crippen LogP) is 5.58. The molecule has 0 aliphatic rings. The van der Waals surface area contributed by atoms with Crippen molar-refractivity contribution in [2.75, 3.05) is 6.61 Å². The molecule has 0 saturated carbocycles. The fourth-order valence-corrected chi connectivity index (χ4v) is 1.70. The summed E-state index contributed by atoms with van der Waals surface area (Å²) >= 11 is 5.84. The van der Waals surface area contributed by atoms with Crippen LogP contribution in [0.2, 0.25) is 5.02 Å². The number of hydrogen-bond donors (Lipinski definition) is 0.